The van der Waals surface area contributed by atoms with Gasteiger partial charge >= 0.3 is 5.97 Å². The fourth-order valence-electron chi connectivity index (χ4n) is 4.38. The number of aliphatic carboxylic acids is 1. The first-order chi connectivity index (χ1) is 15.3. The Morgan fingerprint density at radius 3 is 1.50 bits per heavy atom. The lowest BCUT2D eigenvalue weighted by Gasteiger charge is -2.45. The van der Waals surface area contributed by atoms with Gasteiger partial charge in [-0.3, -0.25) is 4.79 Å². The highest BCUT2D eigenvalue weighted by Crippen LogP contribution is 2.32. The zero-order valence-electron chi connectivity index (χ0n) is 19.5. The second kappa shape index (κ2) is 16.8. The Bertz CT molecular complexity index is 487. The lowest BCUT2D eigenvalue weighted by atomic mass is 9.89. The Morgan fingerprint density at radius 2 is 1.09 bits per heavy atom. The van der Waals surface area contributed by atoms with Crippen LogP contribution in [-0.2, 0) is 9.53 Å². The summed E-state index contributed by atoms with van der Waals surface area (Å²) in [6.07, 6.45) is 11.3. The minimum atomic E-state index is -1.94. The predicted molar refractivity (Wildman–Crippen MR) is 121 cm³/mol. The van der Waals surface area contributed by atoms with E-state index in [2.05, 4.69) is 0 Å². The van der Waals surface area contributed by atoms with Crippen molar-refractivity contribution in [1.29, 1.82) is 0 Å². The molecule has 5 atom stereocenters. The van der Waals surface area contributed by atoms with Crippen molar-refractivity contribution in [3.8, 4) is 0 Å². The van der Waals surface area contributed by atoms with Crippen LogP contribution < -0.4 is 0 Å². The maximum atomic E-state index is 10.5. The van der Waals surface area contributed by atoms with E-state index in [0.29, 0.717) is 12.8 Å². The Labute approximate surface area is 192 Å². The molecule has 0 saturated carbocycles. The number of aliphatic hydroxyl groups is 5. The maximum Gasteiger partial charge on any atom is 0.303 e. The fraction of sp³-hybridized carbons (Fsp3) is 0.958. The summed E-state index contributed by atoms with van der Waals surface area (Å²) in [5.74, 6) is -2.64. The lowest BCUT2D eigenvalue weighted by molar-refractivity contribution is -0.351. The second-order valence-corrected chi connectivity index (χ2v) is 9.31. The molecule has 0 aliphatic carbocycles. The van der Waals surface area contributed by atoms with Crippen molar-refractivity contribution in [2.24, 2.45) is 0 Å². The van der Waals surface area contributed by atoms with E-state index >= 15 is 0 Å². The van der Waals surface area contributed by atoms with Gasteiger partial charge in [0, 0.05) is 12.8 Å². The Hall–Kier alpha value is -0.770. The van der Waals surface area contributed by atoms with Gasteiger partial charge < -0.3 is 35.4 Å². The average molecular weight is 463 g/mol. The van der Waals surface area contributed by atoms with Crippen molar-refractivity contribution in [3.63, 3.8) is 0 Å². The Balaban J connectivity index is 1.92. The van der Waals surface area contributed by atoms with E-state index in [1.54, 1.807) is 0 Å². The van der Waals surface area contributed by atoms with Crippen LogP contribution in [0.2, 0.25) is 0 Å². The van der Waals surface area contributed by atoms with Crippen molar-refractivity contribution < 1.29 is 40.2 Å². The molecule has 1 aliphatic rings. The summed E-state index contributed by atoms with van der Waals surface area (Å²) in [5, 5.41) is 57.9. The lowest BCUT2D eigenvalue weighted by Crippen LogP contribution is -2.65. The van der Waals surface area contributed by atoms with E-state index in [1.165, 1.54) is 51.4 Å². The zero-order valence-corrected chi connectivity index (χ0v) is 19.5. The van der Waals surface area contributed by atoms with Crippen LogP contribution in [0.1, 0.15) is 109 Å². The average Bonchev–Trinajstić information content (AvgIpc) is 2.77. The van der Waals surface area contributed by atoms with Crippen LogP contribution in [-0.4, -0.2) is 73.4 Å². The maximum absolute atomic E-state index is 10.5. The monoisotopic (exact) mass is 462 g/mol. The van der Waals surface area contributed by atoms with Crippen molar-refractivity contribution in [2.75, 3.05) is 6.61 Å². The number of ether oxygens (including phenoxy) is 1. The summed E-state index contributed by atoms with van der Waals surface area (Å²) in [7, 11) is 0. The van der Waals surface area contributed by atoms with E-state index in [1.807, 2.05) is 0 Å². The minimum Gasteiger partial charge on any atom is -0.481 e. The molecule has 0 bridgehead atoms. The van der Waals surface area contributed by atoms with E-state index in [4.69, 9.17) is 9.84 Å². The van der Waals surface area contributed by atoms with E-state index in [0.717, 1.165) is 38.5 Å². The molecule has 190 valence electrons. The number of carbonyl (C=O) groups is 1. The number of unbranched alkanes of at least 4 members (excludes halogenated alkanes) is 14. The standard InChI is InChI=1S/C24H46O8/c25-18-19-21(28)22(29)23(30)24(31,32-19)17-15-13-11-9-7-5-3-1-2-4-6-8-10-12-14-16-20(26)27/h19,21-23,25,28-31H,1-18H2,(H,26,27)/t19-,21-,22+,23-,24?/m1/s1. The SMILES string of the molecule is O=C(O)CCCCCCCCCCCCCCCCCC1(O)O[C@H](CO)[C@@H](O)[C@H](O)[C@H]1O. The fourth-order valence-corrected chi connectivity index (χ4v) is 4.38. The summed E-state index contributed by atoms with van der Waals surface area (Å²) < 4.78 is 5.28. The number of rotatable bonds is 19. The third-order valence-corrected chi connectivity index (χ3v) is 6.48. The molecule has 1 aliphatic heterocycles. The number of hydrogen-bond donors (Lipinski definition) is 6. The molecule has 1 fully saturated rings. The molecular formula is C24H46O8. The largest absolute Gasteiger partial charge is 0.481 e. The molecule has 1 unspecified atom stereocenters. The molecule has 0 spiro atoms. The topological polar surface area (TPSA) is 148 Å². The molecule has 8 nitrogen and oxygen atoms in total. The zero-order chi connectivity index (χ0) is 23.8. The van der Waals surface area contributed by atoms with Crippen molar-refractivity contribution >= 4 is 5.97 Å². The van der Waals surface area contributed by atoms with E-state index in [-0.39, 0.29) is 6.42 Å². The molecule has 0 amide bonds. The van der Waals surface area contributed by atoms with Gasteiger partial charge in [-0.2, -0.15) is 0 Å². The van der Waals surface area contributed by atoms with Gasteiger partial charge in [0.1, 0.15) is 24.4 Å². The molecule has 1 heterocycles. The van der Waals surface area contributed by atoms with Crippen LogP contribution in [0.4, 0.5) is 0 Å². The van der Waals surface area contributed by atoms with Crippen LogP contribution in [0.25, 0.3) is 0 Å². The summed E-state index contributed by atoms with van der Waals surface area (Å²) in [5.41, 5.74) is 0. The molecular weight excluding hydrogens is 416 g/mol. The van der Waals surface area contributed by atoms with Crippen LogP contribution in [0.3, 0.4) is 0 Å². The molecule has 8 heteroatoms. The first-order valence-corrected chi connectivity index (χ1v) is 12.6. The summed E-state index contributed by atoms with van der Waals surface area (Å²) in [6.45, 7) is -0.540. The number of carboxylic acids is 1. The Morgan fingerprint density at radius 1 is 0.688 bits per heavy atom. The number of hydrogen-bond acceptors (Lipinski definition) is 7. The number of aliphatic hydroxyl groups excluding tert-OH is 4. The van der Waals surface area contributed by atoms with Crippen LogP contribution in [0.5, 0.6) is 0 Å². The Kier molecular flexibility index (Phi) is 15.3. The summed E-state index contributed by atoms with van der Waals surface area (Å²) in [6, 6.07) is 0. The molecule has 6 N–H and O–H groups in total. The van der Waals surface area contributed by atoms with Gasteiger partial charge in [-0.05, 0) is 12.8 Å². The van der Waals surface area contributed by atoms with Gasteiger partial charge in [-0.25, -0.2) is 0 Å². The van der Waals surface area contributed by atoms with Crippen LogP contribution >= 0.6 is 0 Å². The van der Waals surface area contributed by atoms with E-state index in [9.17, 15) is 30.3 Å². The summed E-state index contributed by atoms with van der Waals surface area (Å²) >= 11 is 0. The highest BCUT2D eigenvalue weighted by molar-refractivity contribution is 5.66. The molecule has 0 aromatic carbocycles. The molecule has 0 aromatic heterocycles. The predicted octanol–water partition coefficient (Wildman–Crippen LogP) is 2.87. The van der Waals surface area contributed by atoms with Gasteiger partial charge in [0.05, 0.1) is 6.61 Å². The number of carboxylic acid groups (broad SMARTS) is 1. The van der Waals surface area contributed by atoms with Gasteiger partial charge in [0.25, 0.3) is 0 Å². The van der Waals surface area contributed by atoms with E-state index < -0.39 is 42.8 Å². The third kappa shape index (κ3) is 11.4. The van der Waals surface area contributed by atoms with Crippen molar-refractivity contribution in [3.05, 3.63) is 0 Å². The van der Waals surface area contributed by atoms with Crippen molar-refractivity contribution in [2.45, 2.75) is 139 Å². The first kappa shape index (κ1) is 29.3. The molecule has 1 saturated heterocycles. The third-order valence-electron chi connectivity index (χ3n) is 6.48. The van der Waals surface area contributed by atoms with Crippen molar-refractivity contribution in [1.82, 2.24) is 0 Å². The quantitative estimate of drug-likeness (QED) is 0.161. The van der Waals surface area contributed by atoms with Gasteiger partial charge in [0.15, 0.2) is 5.79 Å². The smallest absolute Gasteiger partial charge is 0.303 e. The van der Waals surface area contributed by atoms with Gasteiger partial charge in [-0.15, -0.1) is 0 Å². The highest BCUT2D eigenvalue weighted by atomic mass is 16.7. The second-order valence-electron chi connectivity index (χ2n) is 9.31. The van der Waals surface area contributed by atoms with Crippen LogP contribution in [0.15, 0.2) is 0 Å². The summed E-state index contributed by atoms with van der Waals surface area (Å²) in [4.78, 5) is 10.4. The normalized spacial score (nSPS) is 28.2. The van der Waals surface area contributed by atoms with Gasteiger partial charge in [0.2, 0.25) is 0 Å². The van der Waals surface area contributed by atoms with Crippen LogP contribution in [0, 0.1) is 0 Å². The molecule has 1 rings (SSSR count). The molecule has 0 radical (unpaired) electrons. The molecule has 32 heavy (non-hydrogen) atoms. The first-order valence-electron chi connectivity index (χ1n) is 12.6. The minimum absolute atomic E-state index is 0.147. The molecule has 0 aromatic rings. The van der Waals surface area contributed by atoms with Gasteiger partial charge in [-0.1, -0.05) is 83.5 Å². The highest BCUT2D eigenvalue weighted by Gasteiger charge is 2.51.